The molecule has 28 heavy (non-hydrogen) atoms. The van der Waals surface area contributed by atoms with Gasteiger partial charge in [-0.2, -0.15) is 0 Å². The van der Waals surface area contributed by atoms with Crippen LogP contribution in [0.15, 0.2) is 35.8 Å². The molecule has 1 aliphatic carbocycles. The molecule has 2 aromatic rings. The van der Waals surface area contributed by atoms with Crippen molar-refractivity contribution in [2.45, 2.75) is 58.7 Å². The summed E-state index contributed by atoms with van der Waals surface area (Å²) in [6, 6.07) is 10.9. The van der Waals surface area contributed by atoms with Crippen LogP contribution in [0.3, 0.4) is 0 Å². The largest absolute Gasteiger partial charge is 0.492 e. The van der Waals surface area contributed by atoms with E-state index in [-0.39, 0.29) is 5.91 Å². The lowest BCUT2D eigenvalue weighted by molar-refractivity contribution is -0.118. The highest BCUT2D eigenvalue weighted by molar-refractivity contribution is 6.56. The molecule has 1 N–H and O–H groups in total. The van der Waals surface area contributed by atoms with E-state index in [4.69, 9.17) is 9.31 Å². The summed E-state index contributed by atoms with van der Waals surface area (Å²) in [5.74, 6) is -0.0668. The van der Waals surface area contributed by atoms with Gasteiger partial charge in [0.1, 0.15) is 0 Å². The second-order valence-electron chi connectivity index (χ2n) is 8.87. The van der Waals surface area contributed by atoms with Crippen LogP contribution in [0.25, 0.3) is 16.8 Å². The summed E-state index contributed by atoms with van der Waals surface area (Å²) in [6.07, 6.45) is 4.34. The molecule has 0 unspecified atom stereocenters. The van der Waals surface area contributed by atoms with Crippen molar-refractivity contribution >= 4 is 29.9 Å². The molecule has 4 rings (SSSR count). The fraction of sp³-hybridized carbons (Fsp3) is 0.435. The van der Waals surface area contributed by atoms with Gasteiger partial charge in [0, 0.05) is 13.5 Å². The zero-order chi connectivity index (χ0) is 20.1. The highest BCUT2D eigenvalue weighted by Gasteiger charge is 2.52. The summed E-state index contributed by atoms with van der Waals surface area (Å²) in [6.45, 7) is 10.1. The van der Waals surface area contributed by atoms with Crippen molar-refractivity contribution in [2.75, 3.05) is 6.54 Å². The molecule has 0 aromatic heterocycles. The third-order valence-electron chi connectivity index (χ3n) is 6.35. The number of aryl methyl sites for hydroxylation is 2. The normalized spacial score (nSPS) is 20.0. The molecule has 146 valence electrons. The Kier molecular flexibility index (Phi) is 4.63. The zero-order valence-corrected chi connectivity index (χ0v) is 17.4. The minimum Gasteiger partial charge on any atom is -0.400 e. The summed E-state index contributed by atoms with van der Waals surface area (Å²) in [4.78, 5) is 11.6. The Morgan fingerprint density at radius 3 is 2.36 bits per heavy atom. The monoisotopic (exact) mass is 377 g/mol. The molecule has 1 heterocycles. The molecule has 0 atom stereocenters. The lowest BCUT2D eigenvalue weighted by Crippen LogP contribution is -2.41. The number of carbonyl (C=O) groups excluding carboxylic acids is 1. The van der Waals surface area contributed by atoms with Crippen molar-refractivity contribution in [3.05, 3.63) is 52.5 Å². The highest BCUT2D eigenvalue weighted by Crippen LogP contribution is 2.39. The van der Waals surface area contributed by atoms with E-state index in [9.17, 15) is 4.79 Å². The third-order valence-corrected chi connectivity index (χ3v) is 6.35. The number of benzene rings is 2. The third kappa shape index (κ3) is 3.27. The number of hydrogen-bond donors (Lipinski definition) is 1. The van der Waals surface area contributed by atoms with Gasteiger partial charge in [0.2, 0.25) is 5.91 Å². The number of rotatable bonds is 4. The smallest absolute Gasteiger partial charge is 0.400 e. The number of nitrogens with one attached hydrogen (secondary N) is 1. The topological polar surface area (TPSA) is 47.6 Å². The SMILES string of the molecule is CC(=O)NCC(=Cc1ccc2c3c(cccc13)CC2)B1OC(C)(C)C(C)(C)O1. The quantitative estimate of drug-likeness (QED) is 0.817. The Balaban J connectivity index is 1.77. The summed E-state index contributed by atoms with van der Waals surface area (Å²) in [5, 5.41) is 5.55. The molecule has 2 aromatic carbocycles. The molecule has 1 saturated heterocycles. The fourth-order valence-corrected chi connectivity index (χ4v) is 4.02. The Morgan fingerprint density at radius 1 is 1.07 bits per heavy atom. The van der Waals surface area contributed by atoms with Gasteiger partial charge in [-0.3, -0.25) is 4.79 Å². The summed E-state index contributed by atoms with van der Waals surface area (Å²) in [5.41, 5.74) is 4.05. The molecule has 0 bridgehead atoms. The van der Waals surface area contributed by atoms with Crippen molar-refractivity contribution in [3.8, 4) is 0 Å². The van der Waals surface area contributed by atoms with Crippen LogP contribution in [-0.4, -0.2) is 30.8 Å². The Hall–Kier alpha value is -2.11. The van der Waals surface area contributed by atoms with Gasteiger partial charge in [0.15, 0.2) is 0 Å². The average molecular weight is 377 g/mol. The average Bonchev–Trinajstić information content (AvgIpc) is 3.12. The minimum absolute atomic E-state index is 0.0668. The molecule has 0 saturated carbocycles. The number of carbonyl (C=O) groups is 1. The Bertz CT molecular complexity index is 951. The molecule has 1 aliphatic heterocycles. The van der Waals surface area contributed by atoms with Gasteiger partial charge < -0.3 is 14.6 Å². The van der Waals surface area contributed by atoms with Crippen LogP contribution in [0.2, 0.25) is 0 Å². The molecule has 5 heteroatoms. The van der Waals surface area contributed by atoms with Gasteiger partial charge in [-0.15, -0.1) is 0 Å². The van der Waals surface area contributed by atoms with Crippen molar-refractivity contribution in [1.82, 2.24) is 5.32 Å². The lowest BCUT2D eigenvalue weighted by Gasteiger charge is -2.32. The van der Waals surface area contributed by atoms with Gasteiger partial charge in [0.25, 0.3) is 0 Å². The Labute approximate surface area is 167 Å². The number of amides is 1. The summed E-state index contributed by atoms with van der Waals surface area (Å²) < 4.78 is 12.5. The van der Waals surface area contributed by atoms with Crippen LogP contribution in [0.4, 0.5) is 0 Å². The van der Waals surface area contributed by atoms with Crippen molar-refractivity contribution in [1.29, 1.82) is 0 Å². The molecular weight excluding hydrogens is 349 g/mol. The van der Waals surface area contributed by atoms with Gasteiger partial charge in [-0.25, -0.2) is 0 Å². The van der Waals surface area contributed by atoms with E-state index in [1.807, 2.05) is 27.7 Å². The second-order valence-corrected chi connectivity index (χ2v) is 8.87. The van der Waals surface area contributed by atoms with Crippen LogP contribution in [0.5, 0.6) is 0 Å². The molecule has 0 spiro atoms. The zero-order valence-electron chi connectivity index (χ0n) is 17.4. The molecule has 2 aliphatic rings. The predicted molar refractivity (Wildman–Crippen MR) is 114 cm³/mol. The Morgan fingerprint density at radius 2 is 1.71 bits per heavy atom. The molecule has 1 fully saturated rings. The van der Waals surface area contributed by atoms with E-state index in [2.05, 4.69) is 41.7 Å². The predicted octanol–water partition coefficient (Wildman–Crippen LogP) is 4.09. The maximum Gasteiger partial charge on any atom is 0.492 e. The first-order valence-electron chi connectivity index (χ1n) is 10.0. The first kappa shape index (κ1) is 19.2. The molecule has 0 radical (unpaired) electrons. The first-order valence-corrected chi connectivity index (χ1v) is 10.0. The lowest BCUT2D eigenvalue weighted by atomic mass is 9.76. The van der Waals surface area contributed by atoms with E-state index >= 15 is 0 Å². The van der Waals surface area contributed by atoms with E-state index in [0.29, 0.717) is 6.54 Å². The molecule has 4 nitrogen and oxygen atoms in total. The van der Waals surface area contributed by atoms with Crippen LogP contribution < -0.4 is 5.32 Å². The van der Waals surface area contributed by atoms with Gasteiger partial charge >= 0.3 is 7.12 Å². The van der Waals surface area contributed by atoms with E-state index < -0.39 is 18.3 Å². The fourth-order valence-electron chi connectivity index (χ4n) is 4.02. The van der Waals surface area contributed by atoms with Gasteiger partial charge in [-0.1, -0.05) is 36.4 Å². The van der Waals surface area contributed by atoms with E-state index in [1.165, 1.54) is 28.8 Å². The van der Waals surface area contributed by atoms with Crippen LogP contribution in [0, 0.1) is 0 Å². The van der Waals surface area contributed by atoms with E-state index in [1.54, 1.807) is 0 Å². The summed E-state index contributed by atoms with van der Waals surface area (Å²) >= 11 is 0. The van der Waals surface area contributed by atoms with Crippen molar-refractivity contribution in [3.63, 3.8) is 0 Å². The first-order chi connectivity index (χ1) is 13.2. The molecule has 1 amide bonds. The van der Waals surface area contributed by atoms with Crippen LogP contribution in [-0.2, 0) is 26.9 Å². The second kappa shape index (κ2) is 6.75. The van der Waals surface area contributed by atoms with Crippen molar-refractivity contribution in [2.24, 2.45) is 0 Å². The highest BCUT2D eigenvalue weighted by atomic mass is 16.7. The van der Waals surface area contributed by atoms with E-state index in [0.717, 1.165) is 23.9 Å². The minimum atomic E-state index is -0.486. The molecular formula is C23H28BNO3. The van der Waals surface area contributed by atoms with Gasteiger partial charge in [0.05, 0.1) is 11.2 Å². The maximum absolute atomic E-state index is 11.6. The van der Waals surface area contributed by atoms with Crippen LogP contribution >= 0.6 is 0 Å². The van der Waals surface area contributed by atoms with Crippen LogP contribution in [0.1, 0.15) is 51.3 Å². The maximum atomic E-state index is 11.6. The van der Waals surface area contributed by atoms with Crippen molar-refractivity contribution < 1.29 is 14.1 Å². The number of hydrogen-bond acceptors (Lipinski definition) is 3. The standard InChI is InChI=1S/C23H28BNO3/c1-15(26)25-14-19(24-27-22(2,3)23(4,5)28-24)13-18-12-11-17-10-9-16-7-6-8-20(18)21(16)17/h6-8,11-13H,9-10,14H2,1-5H3,(H,25,26). The summed E-state index contributed by atoms with van der Waals surface area (Å²) in [7, 11) is -0.486. The van der Waals surface area contributed by atoms with Gasteiger partial charge in [-0.05, 0) is 73.5 Å².